The van der Waals surface area contributed by atoms with Gasteiger partial charge >= 0.3 is 0 Å². The average molecular weight is 419 g/mol. The van der Waals surface area contributed by atoms with E-state index in [1.165, 1.54) is 12.0 Å². The van der Waals surface area contributed by atoms with E-state index in [0.717, 1.165) is 16.6 Å². The first-order valence-electron chi connectivity index (χ1n) is 9.99. The molecule has 3 aromatic heterocycles. The van der Waals surface area contributed by atoms with Crippen molar-refractivity contribution in [1.82, 2.24) is 24.8 Å². The number of oxazole rings is 1. The van der Waals surface area contributed by atoms with Crippen LogP contribution >= 0.6 is 0 Å². The molecule has 1 aromatic carbocycles. The molecule has 0 fully saturated rings. The van der Waals surface area contributed by atoms with Crippen molar-refractivity contribution in [2.75, 3.05) is 7.11 Å². The Morgan fingerprint density at radius 1 is 1.23 bits per heavy atom. The second-order valence-corrected chi connectivity index (χ2v) is 7.74. The largest absolute Gasteiger partial charge is 0.433 e. The predicted molar refractivity (Wildman–Crippen MR) is 107 cm³/mol. The van der Waals surface area contributed by atoms with Crippen molar-refractivity contribution in [2.45, 2.75) is 31.3 Å². The first-order chi connectivity index (χ1) is 15.2. The summed E-state index contributed by atoms with van der Waals surface area (Å²) in [6.45, 7) is 0.0634. The number of pyridine rings is 1. The van der Waals surface area contributed by atoms with Gasteiger partial charge in [-0.25, -0.2) is 14.4 Å². The average Bonchev–Trinajstić information content (AvgIpc) is 3.43. The van der Waals surface area contributed by atoms with E-state index in [1.54, 1.807) is 6.33 Å². The Kier molecular flexibility index (Phi) is 3.94. The van der Waals surface area contributed by atoms with Crippen LogP contribution in [0.15, 0.2) is 47.1 Å². The number of hydrogen-bond acceptors (Lipinski definition) is 6. The predicted octanol–water partition coefficient (Wildman–Crippen LogP) is 3.27. The summed E-state index contributed by atoms with van der Waals surface area (Å²) < 4.78 is 26.3. The highest BCUT2D eigenvalue weighted by Gasteiger charge is 2.51. The van der Waals surface area contributed by atoms with Gasteiger partial charge in [0.05, 0.1) is 29.3 Å². The number of halogens is 1. The number of para-hydroxylation sites is 1. The molecule has 6 rings (SSSR count). The number of aromatic nitrogens is 4. The summed E-state index contributed by atoms with van der Waals surface area (Å²) in [4.78, 5) is 31.6. The molecule has 2 unspecified atom stereocenters. The molecule has 3 atom stereocenters. The summed E-state index contributed by atoms with van der Waals surface area (Å²) in [5, 5.41) is 0.982. The van der Waals surface area contributed by atoms with E-state index in [9.17, 15) is 4.79 Å². The molecule has 2 aliphatic heterocycles. The quantitative estimate of drug-likeness (QED) is 0.547. The van der Waals surface area contributed by atoms with Crippen LogP contribution in [-0.4, -0.2) is 43.9 Å². The van der Waals surface area contributed by atoms with Crippen molar-refractivity contribution >= 4 is 16.8 Å². The summed E-state index contributed by atoms with van der Waals surface area (Å²) in [7, 11) is 1.49. The van der Waals surface area contributed by atoms with E-state index >= 15 is 4.39 Å². The van der Waals surface area contributed by atoms with Gasteiger partial charge in [0.1, 0.15) is 18.3 Å². The van der Waals surface area contributed by atoms with Crippen LogP contribution in [-0.2, 0) is 17.8 Å². The summed E-state index contributed by atoms with van der Waals surface area (Å²) in [5.74, 6) is -0.321. The highest BCUT2D eigenvalue weighted by atomic mass is 19.1. The van der Waals surface area contributed by atoms with Gasteiger partial charge in [-0.1, -0.05) is 24.3 Å². The molecule has 1 N–H and O–H groups in total. The van der Waals surface area contributed by atoms with E-state index in [1.807, 2.05) is 36.4 Å². The minimum Gasteiger partial charge on any atom is -0.433 e. The van der Waals surface area contributed by atoms with Crippen LogP contribution in [0.2, 0.25) is 0 Å². The van der Waals surface area contributed by atoms with Gasteiger partial charge < -0.3 is 19.0 Å². The molecule has 0 saturated carbocycles. The lowest BCUT2D eigenvalue weighted by Crippen LogP contribution is -2.53. The van der Waals surface area contributed by atoms with Gasteiger partial charge in [-0.3, -0.25) is 9.78 Å². The number of amides is 1. The Hall–Kier alpha value is -3.59. The number of aromatic amines is 1. The molecular weight excluding hydrogens is 401 g/mol. The van der Waals surface area contributed by atoms with Gasteiger partial charge in [0.15, 0.2) is 6.17 Å². The van der Waals surface area contributed by atoms with Crippen molar-refractivity contribution in [2.24, 2.45) is 0 Å². The van der Waals surface area contributed by atoms with Gasteiger partial charge in [-0.2, -0.15) is 0 Å². The molecule has 4 aromatic rings. The Bertz CT molecular complexity index is 1320. The zero-order valence-electron chi connectivity index (χ0n) is 16.6. The molecule has 2 aliphatic rings. The summed E-state index contributed by atoms with van der Waals surface area (Å²) >= 11 is 0. The number of alkyl halides is 1. The van der Waals surface area contributed by atoms with E-state index in [0.29, 0.717) is 17.8 Å². The van der Waals surface area contributed by atoms with Crippen LogP contribution < -0.4 is 0 Å². The van der Waals surface area contributed by atoms with Crippen molar-refractivity contribution in [3.63, 3.8) is 0 Å². The fraction of sp³-hybridized carbons (Fsp3) is 0.273. The van der Waals surface area contributed by atoms with Crippen molar-refractivity contribution < 1.29 is 18.3 Å². The van der Waals surface area contributed by atoms with Gasteiger partial charge in [0, 0.05) is 24.6 Å². The second-order valence-electron chi connectivity index (χ2n) is 7.74. The summed E-state index contributed by atoms with van der Waals surface area (Å²) in [5.41, 5.74) is 2.91. The third-order valence-electron chi connectivity index (χ3n) is 5.95. The third-order valence-corrected chi connectivity index (χ3v) is 5.95. The number of benzene rings is 1. The molecule has 0 spiro atoms. The summed E-state index contributed by atoms with van der Waals surface area (Å²) in [6, 6.07) is 10.2. The van der Waals surface area contributed by atoms with Gasteiger partial charge in [-0.05, 0) is 12.1 Å². The molecular formula is C22H18FN5O3. The monoisotopic (exact) mass is 419 g/mol. The highest BCUT2D eigenvalue weighted by molar-refractivity contribution is 5.95. The number of H-pyrrole nitrogens is 1. The fourth-order valence-electron chi connectivity index (χ4n) is 4.59. The number of methoxy groups -OCH3 is 1. The lowest BCUT2D eigenvalue weighted by molar-refractivity contribution is 0.0287. The minimum atomic E-state index is -1.50. The number of fused-ring (bicyclic) bond motifs is 4. The number of ether oxygens (including phenoxy) is 1. The fourth-order valence-corrected chi connectivity index (χ4v) is 4.59. The van der Waals surface area contributed by atoms with Gasteiger partial charge in [0.25, 0.3) is 5.91 Å². The van der Waals surface area contributed by atoms with Crippen LogP contribution in [0, 0.1) is 0 Å². The van der Waals surface area contributed by atoms with Crippen LogP contribution in [0.3, 0.4) is 0 Å². The number of nitrogens with zero attached hydrogens (tertiary/aromatic N) is 4. The number of carbonyl (C=O) groups excluding carboxylic acids is 1. The van der Waals surface area contributed by atoms with E-state index in [2.05, 4.69) is 15.0 Å². The number of rotatable bonds is 3. The molecule has 8 nitrogen and oxygen atoms in total. The Morgan fingerprint density at radius 2 is 2.10 bits per heavy atom. The molecule has 31 heavy (non-hydrogen) atoms. The number of hydrogen-bond donors (Lipinski definition) is 1. The standard InChI is InChI=1S/C22H18FN5O3/c1-30-9-16-27-19-17(23)15-8-14-18(25-10-24-14)20(28(15)22(29)21(19)31-16)13-7-6-11-4-2-3-5-12(11)26-13/h2-7,10,15,17,20H,8-9H2,1H3,(H,24,25)/t15?,17?,20-/m1/s1. The molecule has 156 valence electrons. The molecule has 0 bridgehead atoms. The van der Waals surface area contributed by atoms with E-state index < -0.39 is 24.2 Å². The smallest absolute Gasteiger partial charge is 0.292 e. The van der Waals surface area contributed by atoms with Crippen LogP contribution in [0.1, 0.15) is 51.4 Å². The van der Waals surface area contributed by atoms with Gasteiger partial charge in [-0.15, -0.1) is 0 Å². The number of nitrogens with one attached hydrogen (secondary N) is 1. The zero-order valence-corrected chi connectivity index (χ0v) is 16.6. The number of carbonyl (C=O) groups is 1. The molecule has 0 aliphatic carbocycles. The molecule has 9 heteroatoms. The maximum atomic E-state index is 15.7. The Balaban J connectivity index is 1.52. The van der Waals surface area contributed by atoms with Crippen LogP contribution in [0.25, 0.3) is 10.9 Å². The zero-order chi connectivity index (χ0) is 21.1. The highest BCUT2D eigenvalue weighted by Crippen LogP contribution is 2.45. The minimum absolute atomic E-state index is 0.0338. The van der Waals surface area contributed by atoms with Crippen molar-refractivity contribution in [1.29, 1.82) is 0 Å². The lowest BCUT2D eigenvalue weighted by atomic mass is 9.87. The molecule has 0 radical (unpaired) electrons. The normalized spacial score (nSPS) is 22.3. The Labute approximate surface area is 176 Å². The SMILES string of the molecule is COCc1nc2c(o1)C(=O)N1C(Cc3[nH]cnc3[C@H]1c1ccc3ccccc3n1)C2F. The maximum absolute atomic E-state index is 15.7. The Morgan fingerprint density at radius 3 is 2.97 bits per heavy atom. The maximum Gasteiger partial charge on any atom is 0.292 e. The first kappa shape index (κ1) is 18.2. The van der Waals surface area contributed by atoms with Crippen LogP contribution in [0.5, 0.6) is 0 Å². The molecule has 5 heterocycles. The van der Waals surface area contributed by atoms with Gasteiger partial charge in [0.2, 0.25) is 11.7 Å². The molecule has 1 amide bonds. The number of imidazole rings is 1. The second kappa shape index (κ2) is 6.71. The third kappa shape index (κ3) is 2.63. The van der Waals surface area contributed by atoms with Crippen LogP contribution in [0.4, 0.5) is 4.39 Å². The first-order valence-corrected chi connectivity index (χ1v) is 9.99. The van der Waals surface area contributed by atoms with Crippen molar-refractivity contribution in [3.8, 4) is 0 Å². The van der Waals surface area contributed by atoms with E-state index in [-0.39, 0.29) is 24.0 Å². The topological polar surface area (TPSA) is 97.1 Å². The van der Waals surface area contributed by atoms with E-state index in [4.69, 9.17) is 14.1 Å². The lowest BCUT2D eigenvalue weighted by Gasteiger charge is -2.43. The molecule has 0 saturated heterocycles. The van der Waals surface area contributed by atoms with Crippen molar-refractivity contribution in [3.05, 3.63) is 77.2 Å². The summed E-state index contributed by atoms with van der Waals surface area (Å²) in [6.07, 6.45) is 0.376.